The van der Waals surface area contributed by atoms with E-state index in [4.69, 9.17) is 5.73 Å². The predicted molar refractivity (Wildman–Crippen MR) is 78.0 cm³/mol. The summed E-state index contributed by atoms with van der Waals surface area (Å²) in [5, 5.41) is 9.41. The first-order valence-electron chi connectivity index (χ1n) is 7.11. The Hall–Kier alpha value is -1.52. The van der Waals surface area contributed by atoms with Crippen molar-refractivity contribution < 1.29 is 4.79 Å². The summed E-state index contributed by atoms with van der Waals surface area (Å²) >= 11 is 0. The van der Waals surface area contributed by atoms with Crippen LogP contribution in [-0.2, 0) is 0 Å². The smallest absolute Gasteiger partial charge is 0.256 e. The van der Waals surface area contributed by atoms with Gasteiger partial charge in [0.15, 0.2) is 5.82 Å². The first kappa shape index (κ1) is 15.5. The third kappa shape index (κ3) is 5.32. The number of nitrogens with one attached hydrogen (secondary N) is 2. The molecule has 5 heteroatoms. The standard InChI is InChI=1S/C14H26N4O/c1-10(2)8-6-4-5-7-9-16-14(19)12-11(3)17-18-13(12)15/h10H,4-9H2,1-3H3,(H,16,19)(H3,15,17,18). The first-order chi connectivity index (χ1) is 9.02. The largest absolute Gasteiger partial charge is 0.382 e. The Labute approximate surface area is 115 Å². The van der Waals surface area contributed by atoms with E-state index < -0.39 is 0 Å². The van der Waals surface area contributed by atoms with Crippen LogP contribution in [0.5, 0.6) is 0 Å². The maximum Gasteiger partial charge on any atom is 0.256 e. The van der Waals surface area contributed by atoms with Gasteiger partial charge in [-0.15, -0.1) is 0 Å². The molecule has 1 aromatic rings. The molecular formula is C14H26N4O. The summed E-state index contributed by atoms with van der Waals surface area (Å²) in [5.41, 5.74) is 6.82. The third-order valence-electron chi connectivity index (χ3n) is 3.20. The van der Waals surface area contributed by atoms with Crippen LogP contribution < -0.4 is 11.1 Å². The van der Waals surface area contributed by atoms with E-state index in [0.29, 0.717) is 17.8 Å². The molecule has 108 valence electrons. The van der Waals surface area contributed by atoms with Gasteiger partial charge in [0.2, 0.25) is 0 Å². The van der Waals surface area contributed by atoms with Gasteiger partial charge in [0, 0.05) is 12.2 Å². The molecule has 0 saturated heterocycles. The molecule has 0 aliphatic heterocycles. The summed E-state index contributed by atoms with van der Waals surface area (Å²) in [6.07, 6.45) is 5.98. The highest BCUT2D eigenvalue weighted by Crippen LogP contribution is 2.12. The number of anilines is 1. The number of nitrogens with two attached hydrogens (primary N) is 1. The molecule has 1 heterocycles. The Bertz CT molecular complexity index is 379. The highest BCUT2D eigenvalue weighted by molar-refractivity contribution is 5.99. The van der Waals surface area contributed by atoms with Crippen molar-refractivity contribution >= 4 is 11.7 Å². The van der Waals surface area contributed by atoms with E-state index in [-0.39, 0.29) is 11.7 Å². The molecule has 0 fully saturated rings. The minimum absolute atomic E-state index is 0.133. The molecule has 4 N–H and O–H groups in total. The number of aryl methyl sites for hydroxylation is 1. The summed E-state index contributed by atoms with van der Waals surface area (Å²) in [7, 11) is 0. The van der Waals surface area contributed by atoms with E-state index in [9.17, 15) is 4.79 Å². The average Bonchev–Trinajstić information content (AvgIpc) is 2.67. The normalized spacial score (nSPS) is 10.9. The molecule has 0 atom stereocenters. The Kier molecular flexibility index (Phi) is 6.39. The first-order valence-corrected chi connectivity index (χ1v) is 7.11. The van der Waals surface area contributed by atoms with Crippen molar-refractivity contribution in [1.29, 1.82) is 0 Å². The van der Waals surface area contributed by atoms with E-state index in [0.717, 1.165) is 18.8 Å². The minimum atomic E-state index is -0.133. The van der Waals surface area contributed by atoms with Gasteiger partial charge in [-0.25, -0.2) is 0 Å². The van der Waals surface area contributed by atoms with E-state index in [1.54, 1.807) is 6.92 Å². The number of carbonyl (C=O) groups is 1. The number of H-pyrrole nitrogens is 1. The molecule has 0 spiro atoms. The van der Waals surface area contributed by atoms with E-state index in [1.807, 2.05) is 0 Å². The van der Waals surface area contributed by atoms with Crippen LogP contribution in [0, 0.1) is 12.8 Å². The van der Waals surface area contributed by atoms with Crippen LogP contribution in [0.25, 0.3) is 0 Å². The second kappa shape index (κ2) is 7.81. The number of nitrogen functional groups attached to an aromatic ring is 1. The quantitative estimate of drug-likeness (QED) is 0.632. The van der Waals surface area contributed by atoms with Crippen molar-refractivity contribution in [2.45, 2.75) is 52.9 Å². The maximum atomic E-state index is 11.9. The SMILES string of the molecule is Cc1[nH]nc(N)c1C(=O)NCCCCCCC(C)C. The number of aromatic nitrogens is 2. The number of carbonyl (C=O) groups excluding carboxylic acids is 1. The third-order valence-corrected chi connectivity index (χ3v) is 3.20. The van der Waals surface area contributed by atoms with E-state index in [1.165, 1.54) is 19.3 Å². The topological polar surface area (TPSA) is 83.8 Å². The number of hydrogen-bond acceptors (Lipinski definition) is 3. The second-order valence-corrected chi connectivity index (χ2v) is 5.46. The van der Waals surface area contributed by atoms with E-state index in [2.05, 4.69) is 29.4 Å². The highest BCUT2D eigenvalue weighted by Gasteiger charge is 2.14. The zero-order chi connectivity index (χ0) is 14.3. The van der Waals surface area contributed by atoms with Crippen molar-refractivity contribution in [2.24, 2.45) is 5.92 Å². The van der Waals surface area contributed by atoms with Crippen molar-refractivity contribution in [3.63, 3.8) is 0 Å². The number of aromatic amines is 1. The lowest BCUT2D eigenvalue weighted by atomic mass is 10.0. The molecule has 5 nitrogen and oxygen atoms in total. The summed E-state index contributed by atoms with van der Waals surface area (Å²) in [4.78, 5) is 11.9. The van der Waals surface area contributed by atoms with Crippen LogP contribution in [0.15, 0.2) is 0 Å². The molecule has 0 unspecified atom stereocenters. The van der Waals surface area contributed by atoms with Gasteiger partial charge in [-0.05, 0) is 19.3 Å². The lowest BCUT2D eigenvalue weighted by Gasteiger charge is -2.06. The average molecular weight is 266 g/mol. The van der Waals surface area contributed by atoms with Gasteiger partial charge in [0.25, 0.3) is 5.91 Å². The van der Waals surface area contributed by atoms with Crippen molar-refractivity contribution in [3.05, 3.63) is 11.3 Å². The molecular weight excluding hydrogens is 240 g/mol. The van der Waals surface area contributed by atoms with Crippen LogP contribution in [0.2, 0.25) is 0 Å². The summed E-state index contributed by atoms with van der Waals surface area (Å²) in [5.74, 6) is 0.921. The molecule has 0 aliphatic rings. The van der Waals surface area contributed by atoms with Crippen LogP contribution in [0.4, 0.5) is 5.82 Å². The van der Waals surface area contributed by atoms with Crippen LogP contribution in [0.1, 0.15) is 62.0 Å². The van der Waals surface area contributed by atoms with Gasteiger partial charge < -0.3 is 11.1 Å². The van der Waals surface area contributed by atoms with E-state index >= 15 is 0 Å². The molecule has 0 radical (unpaired) electrons. The number of unbranched alkanes of at least 4 members (excludes halogenated alkanes) is 3. The van der Waals surface area contributed by atoms with Gasteiger partial charge >= 0.3 is 0 Å². The molecule has 19 heavy (non-hydrogen) atoms. The molecule has 1 aromatic heterocycles. The molecule has 0 aliphatic carbocycles. The highest BCUT2D eigenvalue weighted by atomic mass is 16.1. The van der Waals surface area contributed by atoms with Gasteiger partial charge in [0.05, 0.1) is 0 Å². The molecule has 0 aromatic carbocycles. The van der Waals surface area contributed by atoms with Gasteiger partial charge in [-0.3, -0.25) is 9.89 Å². The van der Waals surface area contributed by atoms with Crippen LogP contribution in [-0.4, -0.2) is 22.6 Å². The molecule has 0 saturated carbocycles. The van der Waals surface area contributed by atoms with Crippen molar-refractivity contribution in [2.75, 3.05) is 12.3 Å². The van der Waals surface area contributed by atoms with Gasteiger partial charge in [-0.2, -0.15) is 5.10 Å². The van der Waals surface area contributed by atoms with Gasteiger partial charge in [-0.1, -0.05) is 39.5 Å². The Balaban J connectivity index is 2.15. The van der Waals surface area contributed by atoms with Crippen molar-refractivity contribution in [1.82, 2.24) is 15.5 Å². The number of rotatable bonds is 8. The molecule has 1 amide bonds. The number of amides is 1. The van der Waals surface area contributed by atoms with Crippen LogP contribution in [0.3, 0.4) is 0 Å². The zero-order valence-corrected chi connectivity index (χ0v) is 12.3. The maximum absolute atomic E-state index is 11.9. The van der Waals surface area contributed by atoms with Crippen molar-refractivity contribution in [3.8, 4) is 0 Å². The second-order valence-electron chi connectivity index (χ2n) is 5.46. The monoisotopic (exact) mass is 266 g/mol. The fraction of sp³-hybridized carbons (Fsp3) is 0.714. The summed E-state index contributed by atoms with van der Waals surface area (Å²) < 4.78 is 0. The fourth-order valence-electron chi connectivity index (χ4n) is 2.06. The lowest BCUT2D eigenvalue weighted by Crippen LogP contribution is -2.25. The van der Waals surface area contributed by atoms with Crippen LogP contribution >= 0.6 is 0 Å². The summed E-state index contributed by atoms with van der Waals surface area (Å²) in [6.45, 7) is 6.99. The zero-order valence-electron chi connectivity index (χ0n) is 12.3. The molecule has 1 rings (SSSR count). The van der Waals surface area contributed by atoms with Gasteiger partial charge in [0.1, 0.15) is 5.56 Å². The summed E-state index contributed by atoms with van der Waals surface area (Å²) in [6, 6.07) is 0. The Morgan fingerprint density at radius 1 is 1.32 bits per heavy atom. The number of nitrogens with zero attached hydrogens (tertiary/aromatic N) is 1. The minimum Gasteiger partial charge on any atom is -0.382 e. The molecule has 0 bridgehead atoms. The Morgan fingerprint density at radius 3 is 2.58 bits per heavy atom. The number of hydrogen-bond donors (Lipinski definition) is 3. The fourth-order valence-corrected chi connectivity index (χ4v) is 2.06. The lowest BCUT2D eigenvalue weighted by molar-refractivity contribution is 0.0953. The Morgan fingerprint density at radius 2 is 2.00 bits per heavy atom. The predicted octanol–water partition coefficient (Wildman–Crippen LogP) is 2.64.